The topological polar surface area (TPSA) is 77.0 Å². The van der Waals surface area contributed by atoms with Crippen LogP contribution in [0, 0.1) is 6.92 Å². The number of benzene rings is 1. The van der Waals surface area contributed by atoms with Gasteiger partial charge in [0, 0.05) is 39.5 Å². The van der Waals surface area contributed by atoms with Gasteiger partial charge >= 0.3 is 0 Å². The van der Waals surface area contributed by atoms with Crippen LogP contribution in [0.15, 0.2) is 41.5 Å². The largest absolute Gasteiger partial charge is 0.496 e. The average molecular weight is 514 g/mol. The lowest BCUT2D eigenvalue weighted by Crippen LogP contribution is -2.37. The van der Waals surface area contributed by atoms with Crippen molar-refractivity contribution in [2.24, 2.45) is 4.99 Å². The first-order chi connectivity index (χ1) is 13.7. The molecular weight excluding hydrogens is 483 g/mol. The first-order valence-electron chi connectivity index (χ1n) is 9.31. The Balaban J connectivity index is 0.00000420. The predicted octanol–water partition coefficient (Wildman–Crippen LogP) is 2.95. The van der Waals surface area contributed by atoms with E-state index in [0.29, 0.717) is 25.6 Å². The summed E-state index contributed by atoms with van der Waals surface area (Å²) < 4.78 is 15.9. The maximum Gasteiger partial charge on any atom is 0.213 e. The second kappa shape index (κ2) is 14.0. The summed E-state index contributed by atoms with van der Waals surface area (Å²) in [6.45, 7) is 4.49. The van der Waals surface area contributed by atoms with Crippen molar-refractivity contribution in [3.05, 3.63) is 53.2 Å². The molecule has 2 N–H and O–H groups in total. The number of nitrogens with zero attached hydrogens (tertiary/aromatic N) is 2. The van der Waals surface area contributed by atoms with Crippen molar-refractivity contribution in [3.63, 3.8) is 0 Å². The summed E-state index contributed by atoms with van der Waals surface area (Å²) in [5, 5.41) is 6.62. The van der Waals surface area contributed by atoms with Gasteiger partial charge in [-0.1, -0.05) is 23.8 Å². The number of pyridine rings is 1. The number of ether oxygens (including phenoxy) is 3. The highest BCUT2D eigenvalue weighted by molar-refractivity contribution is 14.0. The Morgan fingerprint density at radius 2 is 1.93 bits per heavy atom. The molecule has 0 radical (unpaired) electrons. The zero-order valence-corrected chi connectivity index (χ0v) is 19.9. The van der Waals surface area contributed by atoms with Crippen molar-refractivity contribution in [1.29, 1.82) is 0 Å². The second-order valence-corrected chi connectivity index (χ2v) is 6.26. The molecule has 0 atom stereocenters. The molecule has 0 saturated carbocycles. The Hall–Kier alpha value is -2.07. The van der Waals surface area contributed by atoms with E-state index in [-0.39, 0.29) is 24.0 Å². The van der Waals surface area contributed by atoms with Crippen LogP contribution in [0.1, 0.15) is 16.7 Å². The van der Waals surface area contributed by atoms with Crippen LogP contribution < -0.4 is 20.1 Å². The molecular formula is C21H31IN4O3. The molecule has 7 nitrogen and oxygen atoms in total. The van der Waals surface area contributed by atoms with Gasteiger partial charge in [0.1, 0.15) is 12.4 Å². The van der Waals surface area contributed by atoms with E-state index in [4.69, 9.17) is 14.2 Å². The van der Waals surface area contributed by atoms with Gasteiger partial charge in [-0.05, 0) is 30.5 Å². The van der Waals surface area contributed by atoms with E-state index in [2.05, 4.69) is 39.7 Å². The minimum atomic E-state index is 0. The van der Waals surface area contributed by atoms with Crippen LogP contribution in [0.3, 0.4) is 0 Å². The number of methoxy groups -OCH3 is 2. The lowest BCUT2D eigenvalue weighted by atomic mass is 10.1. The molecule has 29 heavy (non-hydrogen) atoms. The van der Waals surface area contributed by atoms with Crippen LogP contribution in [0.25, 0.3) is 0 Å². The highest BCUT2D eigenvalue weighted by Crippen LogP contribution is 2.19. The maximum atomic E-state index is 5.47. The van der Waals surface area contributed by atoms with E-state index in [1.54, 1.807) is 27.5 Å². The summed E-state index contributed by atoms with van der Waals surface area (Å²) in [5.74, 6) is 2.25. The van der Waals surface area contributed by atoms with Crippen molar-refractivity contribution in [2.45, 2.75) is 19.9 Å². The van der Waals surface area contributed by atoms with Gasteiger partial charge in [0.15, 0.2) is 5.96 Å². The molecule has 2 rings (SSSR count). The number of rotatable bonds is 10. The van der Waals surface area contributed by atoms with Crippen LogP contribution in [-0.2, 0) is 17.7 Å². The minimum absolute atomic E-state index is 0. The van der Waals surface area contributed by atoms with Crippen LogP contribution in [0.5, 0.6) is 11.6 Å². The molecule has 0 aliphatic rings. The van der Waals surface area contributed by atoms with Crippen LogP contribution >= 0.6 is 24.0 Å². The molecule has 0 spiro atoms. The van der Waals surface area contributed by atoms with Crippen LogP contribution in [-0.4, -0.2) is 52.0 Å². The Bertz CT molecular complexity index is 754. The van der Waals surface area contributed by atoms with E-state index in [1.807, 2.05) is 18.2 Å². The summed E-state index contributed by atoms with van der Waals surface area (Å²) >= 11 is 0. The average Bonchev–Trinajstić information content (AvgIpc) is 2.72. The maximum absolute atomic E-state index is 5.47. The van der Waals surface area contributed by atoms with Crippen molar-refractivity contribution in [2.75, 3.05) is 41.0 Å². The first-order valence-corrected chi connectivity index (χ1v) is 9.31. The fraction of sp³-hybridized carbons (Fsp3) is 0.429. The Kier molecular flexibility index (Phi) is 12.1. The van der Waals surface area contributed by atoms with E-state index in [1.165, 1.54) is 11.1 Å². The number of aryl methyl sites for hydroxylation is 1. The van der Waals surface area contributed by atoms with Gasteiger partial charge in [-0.25, -0.2) is 4.98 Å². The summed E-state index contributed by atoms with van der Waals surface area (Å²) in [4.78, 5) is 8.56. The Morgan fingerprint density at radius 1 is 1.10 bits per heavy atom. The molecule has 0 fully saturated rings. The number of aromatic nitrogens is 1. The Labute approximate surface area is 190 Å². The SMILES string of the molecule is CN=C(NCCc1cc(C)ccc1OC)NCc1ccc(OCCOC)nc1.I. The molecule has 0 saturated heterocycles. The van der Waals surface area contributed by atoms with Crippen LogP contribution in [0.4, 0.5) is 0 Å². The second-order valence-electron chi connectivity index (χ2n) is 6.26. The zero-order chi connectivity index (χ0) is 20.2. The first kappa shape index (κ1) is 25.0. The minimum Gasteiger partial charge on any atom is -0.496 e. The predicted molar refractivity (Wildman–Crippen MR) is 127 cm³/mol. The molecule has 0 aliphatic carbocycles. The lowest BCUT2D eigenvalue weighted by Gasteiger charge is -2.14. The van der Waals surface area contributed by atoms with Gasteiger partial charge in [0.2, 0.25) is 5.88 Å². The normalized spacial score (nSPS) is 10.8. The van der Waals surface area contributed by atoms with E-state index >= 15 is 0 Å². The van der Waals surface area contributed by atoms with Crippen molar-refractivity contribution in [3.8, 4) is 11.6 Å². The molecule has 0 amide bonds. The molecule has 1 aromatic heterocycles. The molecule has 0 bridgehead atoms. The van der Waals surface area contributed by atoms with Gasteiger partial charge in [0.25, 0.3) is 0 Å². The number of hydrogen-bond acceptors (Lipinski definition) is 5. The number of nitrogens with one attached hydrogen (secondary N) is 2. The van der Waals surface area contributed by atoms with Crippen molar-refractivity contribution < 1.29 is 14.2 Å². The van der Waals surface area contributed by atoms with Gasteiger partial charge < -0.3 is 24.8 Å². The Morgan fingerprint density at radius 3 is 2.59 bits per heavy atom. The highest BCUT2D eigenvalue weighted by atomic mass is 127. The molecule has 2 aromatic rings. The smallest absolute Gasteiger partial charge is 0.213 e. The quantitative estimate of drug-likeness (QED) is 0.220. The standard InChI is InChI=1S/C21H30N4O3.HI/c1-16-5-7-19(27-4)18(13-16)9-10-23-21(22-2)25-15-17-6-8-20(24-14-17)28-12-11-26-3;/h5-8,13-14H,9-12,15H2,1-4H3,(H2,22,23,25);1H. The molecule has 0 aliphatic heterocycles. The highest BCUT2D eigenvalue weighted by Gasteiger charge is 2.05. The third kappa shape index (κ3) is 8.86. The summed E-state index contributed by atoms with van der Waals surface area (Å²) in [6, 6.07) is 10.0. The molecule has 160 valence electrons. The van der Waals surface area contributed by atoms with Gasteiger partial charge in [-0.2, -0.15) is 0 Å². The molecule has 8 heteroatoms. The summed E-state index contributed by atoms with van der Waals surface area (Å²) in [7, 11) is 5.10. The lowest BCUT2D eigenvalue weighted by molar-refractivity contribution is 0.143. The third-order valence-corrected chi connectivity index (χ3v) is 4.14. The van der Waals surface area contributed by atoms with Gasteiger partial charge in [-0.15, -0.1) is 24.0 Å². The third-order valence-electron chi connectivity index (χ3n) is 4.14. The number of hydrogen-bond donors (Lipinski definition) is 2. The zero-order valence-electron chi connectivity index (χ0n) is 17.5. The van der Waals surface area contributed by atoms with Crippen molar-refractivity contribution in [1.82, 2.24) is 15.6 Å². The number of aliphatic imine (C=N–C) groups is 1. The van der Waals surface area contributed by atoms with Gasteiger partial charge in [0.05, 0.1) is 13.7 Å². The number of halogens is 1. The molecule has 1 heterocycles. The summed E-state index contributed by atoms with van der Waals surface area (Å²) in [6.07, 6.45) is 2.64. The molecule has 0 unspecified atom stereocenters. The van der Waals surface area contributed by atoms with E-state index in [9.17, 15) is 0 Å². The number of guanidine groups is 1. The molecule has 1 aromatic carbocycles. The fourth-order valence-electron chi connectivity index (χ4n) is 2.66. The van der Waals surface area contributed by atoms with E-state index < -0.39 is 0 Å². The van der Waals surface area contributed by atoms with Gasteiger partial charge in [-0.3, -0.25) is 4.99 Å². The summed E-state index contributed by atoms with van der Waals surface area (Å²) in [5.41, 5.74) is 3.45. The van der Waals surface area contributed by atoms with Crippen molar-refractivity contribution >= 4 is 29.9 Å². The van der Waals surface area contributed by atoms with E-state index in [0.717, 1.165) is 30.2 Å². The van der Waals surface area contributed by atoms with Crippen LogP contribution in [0.2, 0.25) is 0 Å². The fourth-order valence-corrected chi connectivity index (χ4v) is 2.66. The monoisotopic (exact) mass is 514 g/mol.